The molecule has 2 aromatic heterocycles. The predicted molar refractivity (Wildman–Crippen MR) is 140 cm³/mol. The van der Waals surface area contributed by atoms with E-state index in [4.69, 9.17) is 0 Å². The molecular formula is C26H28N6O2S. The number of fused-ring (bicyclic) bond motifs is 1. The van der Waals surface area contributed by atoms with Gasteiger partial charge in [0, 0.05) is 40.2 Å². The van der Waals surface area contributed by atoms with Gasteiger partial charge in [-0.1, -0.05) is 6.07 Å². The first-order valence-electron chi connectivity index (χ1n) is 11.8. The molecule has 0 atom stereocenters. The highest BCUT2D eigenvalue weighted by molar-refractivity contribution is 7.09. The lowest BCUT2D eigenvalue weighted by molar-refractivity contribution is 0.0950. The van der Waals surface area contributed by atoms with Crippen LogP contribution in [0.3, 0.4) is 0 Å². The van der Waals surface area contributed by atoms with Gasteiger partial charge < -0.3 is 20.9 Å². The molecule has 5 rings (SSSR count). The minimum Gasteiger partial charge on any atom is -0.384 e. The zero-order valence-corrected chi connectivity index (χ0v) is 20.2. The van der Waals surface area contributed by atoms with Crippen molar-refractivity contribution >= 4 is 45.6 Å². The summed E-state index contributed by atoms with van der Waals surface area (Å²) >= 11 is 1.60. The molecule has 0 spiro atoms. The van der Waals surface area contributed by atoms with E-state index in [2.05, 4.69) is 31.0 Å². The van der Waals surface area contributed by atoms with E-state index >= 15 is 0 Å². The molecule has 8 nitrogen and oxygen atoms in total. The highest BCUT2D eigenvalue weighted by atomic mass is 32.1. The van der Waals surface area contributed by atoms with Gasteiger partial charge in [-0.2, -0.15) is 5.10 Å². The molecule has 1 saturated heterocycles. The summed E-state index contributed by atoms with van der Waals surface area (Å²) in [5.41, 5.74) is 2.78. The molecule has 0 radical (unpaired) electrons. The maximum Gasteiger partial charge on any atom is 0.256 e. The highest BCUT2D eigenvalue weighted by Crippen LogP contribution is 2.23. The van der Waals surface area contributed by atoms with Gasteiger partial charge in [0.2, 0.25) is 0 Å². The van der Waals surface area contributed by atoms with Crippen LogP contribution in [-0.2, 0) is 6.54 Å². The van der Waals surface area contributed by atoms with Crippen molar-refractivity contribution in [3.63, 3.8) is 0 Å². The van der Waals surface area contributed by atoms with Crippen LogP contribution < -0.4 is 16.0 Å². The quantitative estimate of drug-likeness (QED) is 0.281. The van der Waals surface area contributed by atoms with Gasteiger partial charge in [-0.3, -0.25) is 14.7 Å². The summed E-state index contributed by atoms with van der Waals surface area (Å²) in [4.78, 5) is 29.0. The van der Waals surface area contributed by atoms with Crippen LogP contribution in [0.1, 0.15) is 38.4 Å². The van der Waals surface area contributed by atoms with Crippen molar-refractivity contribution in [2.45, 2.75) is 19.4 Å². The van der Waals surface area contributed by atoms with E-state index in [9.17, 15) is 9.59 Å². The van der Waals surface area contributed by atoms with E-state index in [0.29, 0.717) is 28.9 Å². The van der Waals surface area contributed by atoms with E-state index < -0.39 is 0 Å². The number of likely N-dealkylation sites (tertiary alicyclic amines) is 1. The van der Waals surface area contributed by atoms with Gasteiger partial charge in [-0.05, 0) is 79.8 Å². The summed E-state index contributed by atoms with van der Waals surface area (Å²) in [6, 6.07) is 16.6. The Hall–Kier alpha value is -3.69. The molecule has 2 aromatic carbocycles. The van der Waals surface area contributed by atoms with Crippen LogP contribution in [0.15, 0.2) is 60.0 Å². The Morgan fingerprint density at radius 1 is 1.00 bits per heavy atom. The minimum absolute atomic E-state index is 0.174. The second-order valence-corrected chi connectivity index (χ2v) is 9.63. The Morgan fingerprint density at radius 3 is 2.57 bits per heavy atom. The Bertz CT molecular complexity index is 1290. The lowest BCUT2D eigenvalue weighted by Gasteiger charge is -2.15. The molecule has 4 aromatic rings. The smallest absolute Gasteiger partial charge is 0.256 e. The van der Waals surface area contributed by atoms with Crippen molar-refractivity contribution in [1.82, 2.24) is 20.4 Å². The second kappa shape index (κ2) is 10.7. The van der Waals surface area contributed by atoms with Crippen molar-refractivity contribution in [2.75, 3.05) is 36.8 Å². The Morgan fingerprint density at radius 2 is 1.80 bits per heavy atom. The number of nitrogens with zero attached hydrogens (tertiary/aromatic N) is 2. The van der Waals surface area contributed by atoms with Crippen LogP contribution >= 0.6 is 11.3 Å². The molecule has 0 aliphatic carbocycles. The summed E-state index contributed by atoms with van der Waals surface area (Å²) < 4.78 is 0. The van der Waals surface area contributed by atoms with Crippen molar-refractivity contribution < 1.29 is 9.59 Å². The number of nitrogens with one attached hydrogen (secondary N) is 4. The van der Waals surface area contributed by atoms with E-state index in [1.54, 1.807) is 41.7 Å². The fraction of sp³-hybridized carbons (Fsp3) is 0.269. The summed E-state index contributed by atoms with van der Waals surface area (Å²) in [6.45, 7) is 4.76. The number of thiophene rings is 1. The fourth-order valence-electron chi connectivity index (χ4n) is 4.22. The largest absolute Gasteiger partial charge is 0.384 e. The van der Waals surface area contributed by atoms with Crippen LogP contribution in [0.25, 0.3) is 10.9 Å². The average molecular weight is 489 g/mol. The molecule has 3 heterocycles. The molecule has 2 amide bonds. The third kappa shape index (κ3) is 5.70. The molecule has 1 fully saturated rings. The number of carbonyl (C=O) groups is 2. The Balaban J connectivity index is 1.20. The number of benzene rings is 2. The number of H-pyrrole nitrogens is 1. The van der Waals surface area contributed by atoms with Gasteiger partial charge in [-0.25, -0.2) is 0 Å². The van der Waals surface area contributed by atoms with E-state index in [1.807, 2.05) is 29.6 Å². The van der Waals surface area contributed by atoms with Gasteiger partial charge in [0.05, 0.1) is 12.1 Å². The summed E-state index contributed by atoms with van der Waals surface area (Å²) in [5.74, 6) is -0.0353. The molecule has 180 valence electrons. The zero-order chi connectivity index (χ0) is 24.0. The SMILES string of the molecule is O=C(NCc1cccs1)c1ccc2[nH]nc(NC(=O)c3ccc(NCCN4CCCC4)cc3)c2c1. The number of hydrogen-bond donors (Lipinski definition) is 4. The van der Waals surface area contributed by atoms with Crippen molar-refractivity contribution in [1.29, 1.82) is 0 Å². The summed E-state index contributed by atoms with van der Waals surface area (Å²) in [6.07, 6.45) is 2.58. The van der Waals surface area contributed by atoms with E-state index in [1.165, 1.54) is 25.9 Å². The first kappa shape index (κ1) is 23.1. The second-order valence-electron chi connectivity index (χ2n) is 8.60. The number of anilines is 2. The van der Waals surface area contributed by atoms with Gasteiger partial charge in [-0.15, -0.1) is 11.3 Å². The number of aromatic amines is 1. The molecule has 0 saturated carbocycles. The number of hydrogen-bond acceptors (Lipinski definition) is 6. The van der Waals surface area contributed by atoms with Crippen LogP contribution in [0, 0.1) is 0 Å². The van der Waals surface area contributed by atoms with Crippen molar-refractivity contribution in [3.8, 4) is 0 Å². The first-order chi connectivity index (χ1) is 17.2. The van der Waals surface area contributed by atoms with Gasteiger partial charge >= 0.3 is 0 Å². The monoisotopic (exact) mass is 488 g/mol. The predicted octanol–water partition coefficient (Wildman–Crippen LogP) is 4.31. The number of amides is 2. The first-order valence-corrected chi connectivity index (χ1v) is 12.7. The third-order valence-electron chi connectivity index (χ3n) is 6.16. The number of aromatic nitrogens is 2. The normalized spacial score (nSPS) is 13.7. The standard InChI is InChI=1S/C26H28N6O2S/c33-25(28-17-21-4-3-15-35-21)19-7-10-23-22(16-19)24(31-30-23)29-26(34)18-5-8-20(9-6-18)27-11-14-32-12-1-2-13-32/h3-10,15-16,27H,1-2,11-14,17H2,(H,28,33)(H2,29,30,31,34). The average Bonchev–Trinajstić information content (AvgIpc) is 3.66. The zero-order valence-electron chi connectivity index (χ0n) is 19.3. The Kier molecular flexibility index (Phi) is 7.06. The van der Waals surface area contributed by atoms with Crippen LogP contribution in [0.5, 0.6) is 0 Å². The lowest BCUT2D eigenvalue weighted by atomic mass is 10.1. The molecule has 35 heavy (non-hydrogen) atoms. The third-order valence-corrected chi connectivity index (χ3v) is 7.04. The van der Waals surface area contributed by atoms with Crippen LogP contribution in [-0.4, -0.2) is 53.1 Å². The Labute approximate surface area is 207 Å². The maximum atomic E-state index is 12.8. The highest BCUT2D eigenvalue weighted by Gasteiger charge is 2.14. The summed E-state index contributed by atoms with van der Waals surface area (Å²) in [7, 11) is 0. The van der Waals surface area contributed by atoms with Crippen LogP contribution in [0.4, 0.5) is 11.5 Å². The fourth-order valence-corrected chi connectivity index (χ4v) is 4.86. The van der Waals surface area contributed by atoms with Crippen LogP contribution in [0.2, 0.25) is 0 Å². The molecule has 4 N–H and O–H groups in total. The van der Waals surface area contributed by atoms with Gasteiger partial charge in [0.15, 0.2) is 5.82 Å². The number of rotatable bonds is 9. The van der Waals surface area contributed by atoms with Crippen molar-refractivity contribution in [2.24, 2.45) is 0 Å². The minimum atomic E-state index is -0.255. The van der Waals surface area contributed by atoms with E-state index in [-0.39, 0.29) is 11.8 Å². The van der Waals surface area contributed by atoms with Gasteiger partial charge in [0.1, 0.15) is 0 Å². The summed E-state index contributed by atoms with van der Waals surface area (Å²) in [5, 5.41) is 19.0. The molecule has 0 unspecified atom stereocenters. The number of carbonyl (C=O) groups excluding carboxylic acids is 2. The van der Waals surface area contributed by atoms with Crippen molar-refractivity contribution in [3.05, 3.63) is 76.0 Å². The lowest BCUT2D eigenvalue weighted by Crippen LogP contribution is -2.25. The maximum absolute atomic E-state index is 12.8. The molecule has 1 aliphatic rings. The molecule has 1 aliphatic heterocycles. The topological polar surface area (TPSA) is 102 Å². The van der Waals surface area contributed by atoms with E-state index in [0.717, 1.165) is 29.2 Å². The molecule has 0 bridgehead atoms. The molecule has 9 heteroatoms. The molecular weight excluding hydrogens is 460 g/mol. The van der Waals surface area contributed by atoms with Gasteiger partial charge in [0.25, 0.3) is 11.8 Å².